The van der Waals surface area contributed by atoms with Gasteiger partial charge in [-0.15, -0.1) is 0 Å². The van der Waals surface area contributed by atoms with E-state index in [1.165, 1.54) is 7.11 Å². The van der Waals surface area contributed by atoms with Gasteiger partial charge in [0.05, 0.1) is 34.5 Å². The first-order valence-corrected chi connectivity index (χ1v) is 9.86. The van der Waals surface area contributed by atoms with Crippen molar-refractivity contribution in [3.63, 3.8) is 0 Å². The van der Waals surface area contributed by atoms with Crippen molar-refractivity contribution in [3.8, 4) is 17.2 Å². The van der Waals surface area contributed by atoms with Crippen molar-refractivity contribution >= 4 is 0 Å². The number of rotatable bonds is 8. The molecule has 6 nitrogen and oxygen atoms in total. The minimum atomic E-state index is -1.65. The van der Waals surface area contributed by atoms with Crippen LogP contribution in [-0.2, 0) is 18.8 Å². The molecule has 3 N–H and O–H groups in total. The van der Waals surface area contributed by atoms with Crippen LogP contribution in [0.5, 0.6) is 17.2 Å². The Kier molecular flexibility index (Phi) is 6.85. The zero-order valence-electron chi connectivity index (χ0n) is 18.2. The summed E-state index contributed by atoms with van der Waals surface area (Å²) >= 11 is 0. The molecule has 0 aliphatic rings. The van der Waals surface area contributed by atoms with Gasteiger partial charge in [0.25, 0.3) is 0 Å². The molecule has 0 heterocycles. The third kappa shape index (κ3) is 4.10. The number of benzene rings is 3. The van der Waals surface area contributed by atoms with E-state index in [1.807, 2.05) is 13.0 Å². The van der Waals surface area contributed by atoms with Gasteiger partial charge in [0, 0.05) is 11.6 Å². The summed E-state index contributed by atoms with van der Waals surface area (Å²) in [5, 5.41) is 32.0. The first kappa shape index (κ1) is 22.6. The molecule has 3 aromatic carbocycles. The maximum atomic E-state index is 12.4. The van der Waals surface area contributed by atoms with E-state index < -0.39 is 5.60 Å². The molecule has 164 valence electrons. The first-order valence-electron chi connectivity index (χ1n) is 9.86. The maximum Gasteiger partial charge on any atom is 0.144 e. The lowest BCUT2D eigenvalue weighted by Crippen LogP contribution is -2.32. The fourth-order valence-electron chi connectivity index (χ4n) is 3.93. The molecule has 0 amide bonds. The standard InChI is InChI=1S/C25H28O6/c1-16-11-19(29-2)6-9-21(16)25(28,22-8-5-17(14-26)12-18(22)15-27)23-10-7-20(30-3)13-24(23)31-4/h5-13,26-28H,14-15H2,1-4H3. The van der Waals surface area contributed by atoms with E-state index in [9.17, 15) is 15.3 Å². The Hall–Kier alpha value is -3.06. The molecule has 0 fully saturated rings. The van der Waals surface area contributed by atoms with Gasteiger partial charge in [-0.05, 0) is 59.0 Å². The summed E-state index contributed by atoms with van der Waals surface area (Å²) < 4.78 is 16.3. The largest absolute Gasteiger partial charge is 0.497 e. The normalized spacial score (nSPS) is 12.9. The van der Waals surface area contributed by atoms with Gasteiger partial charge < -0.3 is 29.5 Å². The maximum absolute atomic E-state index is 12.4. The highest BCUT2D eigenvalue weighted by Crippen LogP contribution is 2.45. The van der Waals surface area contributed by atoms with Crippen molar-refractivity contribution < 1.29 is 29.5 Å². The van der Waals surface area contributed by atoms with Crippen LogP contribution in [0, 0.1) is 6.92 Å². The van der Waals surface area contributed by atoms with E-state index in [2.05, 4.69) is 0 Å². The smallest absolute Gasteiger partial charge is 0.144 e. The van der Waals surface area contributed by atoms with Crippen molar-refractivity contribution in [2.45, 2.75) is 25.7 Å². The molecule has 0 aliphatic carbocycles. The topological polar surface area (TPSA) is 88.4 Å². The van der Waals surface area contributed by atoms with Gasteiger partial charge in [-0.1, -0.05) is 24.3 Å². The molecule has 3 aromatic rings. The molecule has 0 bridgehead atoms. The van der Waals surface area contributed by atoms with Gasteiger partial charge in [0.1, 0.15) is 22.8 Å². The van der Waals surface area contributed by atoms with E-state index in [-0.39, 0.29) is 13.2 Å². The highest BCUT2D eigenvalue weighted by atomic mass is 16.5. The second-order valence-corrected chi connectivity index (χ2v) is 7.27. The molecule has 0 saturated heterocycles. The van der Waals surface area contributed by atoms with Gasteiger partial charge in [0.2, 0.25) is 0 Å². The molecule has 1 atom stereocenters. The molecule has 0 saturated carbocycles. The summed E-state index contributed by atoms with van der Waals surface area (Å²) in [6.45, 7) is 1.41. The zero-order chi connectivity index (χ0) is 22.6. The molecule has 0 aliphatic heterocycles. The van der Waals surface area contributed by atoms with Crippen LogP contribution in [0.25, 0.3) is 0 Å². The predicted octanol–water partition coefficient (Wildman–Crippen LogP) is 3.29. The van der Waals surface area contributed by atoms with Crippen LogP contribution in [0.3, 0.4) is 0 Å². The van der Waals surface area contributed by atoms with E-state index in [0.717, 1.165) is 5.56 Å². The number of aliphatic hydroxyl groups excluding tert-OH is 2. The minimum Gasteiger partial charge on any atom is -0.497 e. The average Bonchev–Trinajstić information content (AvgIpc) is 2.82. The Balaban J connectivity index is 2.38. The third-order valence-corrected chi connectivity index (χ3v) is 5.53. The van der Waals surface area contributed by atoms with Crippen LogP contribution < -0.4 is 14.2 Å². The monoisotopic (exact) mass is 424 g/mol. The number of aliphatic hydroxyl groups is 3. The summed E-state index contributed by atoms with van der Waals surface area (Å²) in [7, 11) is 4.68. The van der Waals surface area contributed by atoms with Gasteiger partial charge in [-0.25, -0.2) is 0 Å². The van der Waals surface area contributed by atoms with Crippen molar-refractivity contribution in [1.29, 1.82) is 0 Å². The molecule has 3 rings (SSSR count). The minimum absolute atomic E-state index is 0.168. The van der Waals surface area contributed by atoms with E-state index in [0.29, 0.717) is 45.1 Å². The van der Waals surface area contributed by atoms with Crippen molar-refractivity contribution in [3.05, 3.63) is 88.0 Å². The summed E-state index contributed by atoms with van der Waals surface area (Å²) in [6.07, 6.45) is 0. The average molecular weight is 424 g/mol. The van der Waals surface area contributed by atoms with Crippen molar-refractivity contribution in [2.24, 2.45) is 0 Å². The molecule has 31 heavy (non-hydrogen) atoms. The summed E-state index contributed by atoms with van der Waals surface area (Å²) in [4.78, 5) is 0. The van der Waals surface area contributed by atoms with Gasteiger partial charge in [-0.3, -0.25) is 0 Å². The van der Waals surface area contributed by atoms with Crippen molar-refractivity contribution in [2.75, 3.05) is 21.3 Å². The fraction of sp³-hybridized carbons (Fsp3) is 0.280. The van der Waals surface area contributed by atoms with E-state index >= 15 is 0 Å². The Bertz CT molecular complexity index is 1000. The highest BCUT2D eigenvalue weighted by molar-refractivity contribution is 5.58. The number of hydrogen-bond donors (Lipinski definition) is 3. The molecular weight excluding hydrogens is 396 g/mol. The second kappa shape index (κ2) is 9.39. The van der Waals surface area contributed by atoms with Crippen LogP contribution in [0.2, 0.25) is 0 Å². The lowest BCUT2D eigenvalue weighted by Gasteiger charge is -2.34. The summed E-state index contributed by atoms with van der Waals surface area (Å²) in [5.74, 6) is 1.70. The van der Waals surface area contributed by atoms with Gasteiger partial charge in [-0.2, -0.15) is 0 Å². The lowest BCUT2D eigenvalue weighted by atomic mass is 9.76. The Morgan fingerprint density at radius 2 is 1.32 bits per heavy atom. The molecule has 0 spiro atoms. The quantitative estimate of drug-likeness (QED) is 0.481. The lowest BCUT2D eigenvalue weighted by molar-refractivity contribution is 0.118. The van der Waals surface area contributed by atoms with Gasteiger partial charge in [0.15, 0.2) is 0 Å². The fourth-order valence-corrected chi connectivity index (χ4v) is 3.93. The SMILES string of the molecule is COc1ccc(C(O)(c2ccc(CO)cc2CO)c2ccc(OC)cc2OC)c(C)c1. The van der Waals surface area contributed by atoms with Crippen LogP contribution in [0.4, 0.5) is 0 Å². The summed E-state index contributed by atoms with van der Waals surface area (Å²) in [6, 6.07) is 15.8. The molecule has 1 unspecified atom stereocenters. The number of methoxy groups -OCH3 is 3. The second-order valence-electron chi connectivity index (χ2n) is 7.27. The van der Waals surface area contributed by atoms with Crippen LogP contribution in [0.15, 0.2) is 54.6 Å². The van der Waals surface area contributed by atoms with Crippen LogP contribution in [-0.4, -0.2) is 36.6 Å². The summed E-state index contributed by atoms with van der Waals surface area (Å²) in [5.41, 5.74) is 1.89. The number of aryl methyl sites for hydroxylation is 1. The van der Waals surface area contributed by atoms with E-state index in [1.54, 1.807) is 62.8 Å². The van der Waals surface area contributed by atoms with E-state index in [4.69, 9.17) is 14.2 Å². The number of ether oxygens (including phenoxy) is 3. The zero-order valence-corrected chi connectivity index (χ0v) is 18.2. The Labute approximate surface area is 182 Å². The predicted molar refractivity (Wildman–Crippen MR) is 118 cm³/mol. The van der Waals surface area contributed by atoms with Gasteiger partial charge >= 0.3 is 0 Å². The molecule has 0 radical (unpaired) electrons. The Morgan fingerprint density at radius 1 is 0.710 bits per heavy atom. The third-order valence-electron chi connectivity index (χ3n) is 5.53. The molecule has 6 heteroatoms. The highest BCUT2D eigenvalue weighted by Gasteiger charge is 2.39. The molecule has 0 aromatic heterocycles. The van der Waals surface area contributed by atoms with Crippen LogP contribution in [0.1, 0.15) is 33.4 Å². The van der Waals surface area contributed by atoms with Crippen molar-refractivity contribution in [1.82, 2.24) is 0 Å². The Morgan fingerprint density at radius 3 is 1.87 bits per heavy atom. The van der Waals surface area contributed by atoms with Crippen LogP contribution >= 0.6 is 0 Å². The first-order chi connectivity index (χ1) is 14.9. The number of hydrogen-bond acceptors (Lipinski definition) is 6. The molecular formula is C25H28O6.